The number of nitrogens with one attached hydrogen (secondary N) is 3. The Morgan fingerprint density at radius 3 is 2.82 bits per heavy atom. The zero-order chi connectivity index (χ0) is 12.7. The Hall–Kier alpha value is -2.04. The van der Waals surface area contributed by atoms with Gasteiger partial charge >= 0.3 is 6.03 Å². The van der Waals surface area contributed by atoms with Crippen LogP contribution in [0.3, 0.4) is 0 Å². The number of amides is 2. The van der Waals surface area contributed by atoms with Crippen molar-refractivity contribution in [2.24, 2.45) is 0 Å². The van der Waals surface area contributed by atoms with Crippen molar-refractivity contribution >= 4 is 17.5 Å². The molecular weight excluding hydrogens is 216 g/mol. The molecule has 0 saturated carbocycles. The molecule has 0 spiro atoms. The molecule has 0 radical (unpaired) electrons. The van der Waals surface area contributed by atoms with Crippen LogP contribution in [0.25, 0.3) is 0 Å². The number of carbonyl (C=O) groups excluding carboxylic acids is 1. The molecule has 0 aromatic carbocycles. The molecule has 0 aliphatic heterocycles. The monoisotopic (exact) mass is 234 g/mol. The highest BCUT2D eigenvalue weighted by molar-refractivity contribution is 5.88. The van der Waals surface area contributed by atoms with Crippen LogP contribution in [0.5, 0.6) is 0 Å². The molecule has 0 fully saturated rings. The van der Waals surface area contributed by atoms with Crippen LogP contribution in [0.15, 0.2) is 31.0 Å². The van der Waals surface area contributed by atoms with Crippen LogP contribution in [-0.2, 0) is 0 Å². The molecule has 1 rings (SSSR count). The number of rotatable bonds is 5. The fourth-order valence-corrected chi connectivity index (χ4v) is 1.18. The zero-order valence-electron chi connectivity index (χ0n) is 10.2. The van der Waals surface area contributed by atoms with E-state index < -0.39 is 0 Å². The minimum absolute atomic E-state index is 0.100. The summed E-state index contributed by atoms with van der Waals surface area (Å²) in [4.78, 5) is 15.5. The Bertz CT molecular complexity index is 373. The number of aromatic nitrogens is 1. The van der Waals surface area contributed by atoms with E-state index in [1.165, 1.54) is 0 Å². The van der Waals surface area contributed by atoms with Crippen molar-refractivity contribution in [3.05, 3.63) is 31.0 Å². The Kier molecular flexibility index (Phi) is 5.00. The lowest BCUT2D eigenvalue weighted by atomic mass is 10.4. The molecule has 0 atom stereocenters. The quantitative estimate of drug-likeness (QED) is 0.684. The van der Waals surface area contributed by atoms with Gasteiger partial charge < -0.3 is 10.6 Å². The second-order valence-corrected chi connectivity index (χ2v) is 3.85. The van der Waals surface area contributed by atoms with Crippen LogP contribution >= 0.6 is 0 Å². The van der Waals surface area contributed by atoms with Gasteiger partial charge in [0.1, 0.15) is 5.82 Å². The first-order valence-corrected chi connectivity index (χ1v) is 5.50. The van der Waals surface area contributed by atoms with E-state index in [0.29, 0.717) is 12.4 Å². The Balaban J connectivity index is 2.50. The van der Waals surface area contributed by atoms with E-state index in [4.69, 9.17) is 0 Å². The first-order valence-electron chi connectivity index (χ1n) is 5.50. The normalized spacial score (nSPS) is 9.82. The topological polar surface area (TPSA) is 66.0 Å². The smallest absolute Gasteiger partial charge is 0.320 e. The van der Waals surface area contributed by atoms with E-state index in [2.05, 4.69) is 27.5 Å². The molecule has 0 aliphatic carbocycles. The van der Waals surface area contributed by atoms with Crippen molar-refractivity contribution in [3.63, 3.8) is 0 Å². The van der Waals surface area contributed by atoms with E-state index in [1.54, 1.807) is 18.3 Å². The summed E-state index contributed by atoms with van der Waals surface area (Å²) in [5.74, 6) is 0.521. The van der Waals surface area contributed by atoms with Crippen molar-refractivity contribution in [2.75, 3.05) is 17.2 Å². The number of nitrogens with zero attached hydrogens (tertiary/aromatic N) is 1. The van der Waals surface area contributed by atoms with Gasteiger partial charge in [0.2, 0.25) is 0 Å². The van der Waals surface area contributed by atoms with E-state index in [0.717, 1.165) is 5.69 Å². The second-order valence-electron chi connectivity index (χ2n) is 3.85. The van der Waals surface area contributed by atoms with Crippen LogP contribution in [-0.4, -0.2) is 23.6 Å². The third kappa shape index (κ3) is 5.01. The molecule has 92 valence electrons. The highest BCUT2D eigenvalue weighted by Gasteiger charge is 2.03. The summed E-state index contributed by atoms with van der Waals surface area (Å²) in [6.07, 6.45) is 3.43. The average molecular weight is 234 g/mol. The minimum Gasteiger partial charge on any atom is -0.380 e. The molecule has 3 N–H and O–H groups in total. The van der Waals surface area contributed by atoms with Gasteiger partial charge in [-0.2, -0.15) is 0 Å². The molecule has 0 unspecified atom stereocenters. The lowest BCUT2D eigenvalue weighted by molar-refractivity contribution is 0.250. The summed E-state index contributed by atoms with van der Waals surface area (Å²) in [5, 5.41) is 8.47. The molecule has 1 aromatic heterocycles. The van der Waals surface area contributed by atoms with Crippen molar-refractivity contribution in [2.45, 2.75) is 19.9 Å². The van der Waals surface area contributed by atoms with Gasteiger partial charge in [0.15, 0.2) is 0 Å². The summed E-state index contributed by atoms with van der Waals surface area (Å²) >= 11 is 0. The zero-order valence-corrected chi connectivity index (χ0v) is 10.2. The van der Waals surface area contributed by atoms with E-state index in [9.17, 15) is 4.79 Å². The molecule has 5 heteroatoms. The van der Waals surface area contributed by atoms with Gasteiger partial charge in [-0.25, -0.2) is 9.78 Å². The summed E-state index contributed by atoms with van der Waals surface area (Å²) in [6, 6.07) is 3.44. The van der Waals surface area contributed by atoms with E-state index in [-0.39, 0.29) is 12.1 Å². The fraction of sp³-hybridized carbons (Fsp3) is 0.333. The van der Waals surface area contributed by atoms with Gasteiger partial charge in [0, 0.05) is 12.6 Å². The summed E-state index contributed by atoms with van der Waals surface area (Å²) < 4.78 is 0. The molecule has 0 aliphatic rings. The second kappa shape index (κ2) is 6.52. The van der Waals surface area contributed by atoms with Gasteiger partial charge in [-0.15, -0.1) is 6.58 Å². The summed E-state index contributed by atoms with van der Waals surface area (Å²) in [5.41, 5.74) is 0.889. The van der Waals surface area contributed by atoms with Crippen molar-refractivity contribution in [1.29, 1.82) is 0 Å². The van der Waals surface area contributed by atoms with Gasteiger partial charge in [0.25, 0.3) is 0 Å². The van der Waals surface area contributed by atoms with Crippen molar-refractivity contribution in [3.8, 4) is 0 Å². The first kappa shape index (κ1) is 13.0. The van der Waals surface area contributed by atoms with Gasteiger partial charge in [0.05, 0.1) is 11.9 Å². The largest absolute Gasteiger partial charge is 0.380 e. The number of urea groups is 1. The van der Waals surface area contributed by atoms with Crippen LogP contribution < -0.4 is 16.0 Å². The third-order valence-corrected chi connectivity index (χ3v) is 1.88. The summed E-state index contributed by atoms with van der Waals surface area (Å²) in [6.45, 7) is 8.09. The lowest BCUT2D eigenvalue weighted by Crippen LogP contribution is -2.34. The Morgan fingerprint density at radius 2 is 2.29 bits per heavy atom. The highest BCUT2D eigenvalue weighted by Crippen LogP contribution is 2.09. The number of hydrogen-bond acceptors (Lipinski definition) is 3. The molecular formula is C12H18N4O. The van der Waals surface area contributed by atoms with Crippen LogP contribution in [0.4, 0.5) is 16.3 Å². The average Bonchev–Trinajstić information content (AvgIpc) is 2.27. The maximum Gasteiger partial charge on any atom is 0.320 e. The Labute approximate surface area is 101 Å². The van der Waals surface area contributed by atoms with Crippen molar-refractivity contribution in [1.82, 2.24) is 10.3 Å². The molecule has 0 bridgehead atoms. The van der Waals surface area contributed by atoms with Gasteiger partial charge in [-0.3, -0.25) is 5.32 Å². The maximum absolute atomic E-state index is 11.4. The van der Waals surface area contributed by atoms with E-state index >= 15 is 0 Å². The van der Waals surface area contributed by atoms with Crippen molar-refractivity contribution < 1.29 is 4.79 Å². The Morgan fingerprint density at radius 1 is 1.53 bits per heavy atom. The third-order valence-electron chi connectivity index (χ3n) is 1.88. The predicted molar refractivity (Wildman–Crippen MR) is 70.2 cm³/mol. The molecule has 0 saturated heterocycles. The number of anilines is 2. The number of hydrogen-bond donors (Lipinski definition) is 3. The molecule has 17 heavy (non-hydrogen) atoms. The summed E-state index contributed by atoms with van der Waals surface area (Å²) in [7, 11) is 0. The highest BCUT2D eigenvalue weighted by atomic mass is 16.2. The SMILES string of the molecule is C=CCNc1ccc(NC(=O)NC(C)C)nc1. The first-order chi connectivity index (χ1) is 8.11. The number of carbonyl (C=O) groups is 1. The molecule has 5 nitrogen and oxygen atoms in total. The standard InChI is InChI=1S/C12H18N4O/c1-4-7-13-10-5-6-11(14-8-10)16-12(17)15-9(2)3/h4-6,8-9,13H,1,7H2,2-3H3,(H2,14,15,16,17). The van der Waals surface area contributed by atoms with Crippen LogP contribution in [0.1, 0.15) is 13.8 Å². The lowest BCUT2D eigenvalue weighted by Gasteiger charge is -2.10. The fourth-order valence-electron chi connectivity index (χ4n) is 1.18. The number of pyridine rings is 1. The molecule has 1 heterocycles. The molecule has 2 amide bonds. The van der Waals surface area contributed by atoms with Crippen LogP contribution in [0.2, 0.25) is 0 Å². The maximum atomic E-state index is 11.4. The van der Waals surface area contributed by atoms with Gasteiger partial charge in [-0.1, -0.05) is 6.08 Å². The minimum atomic E-state index is -0.251. The van der Waals surface area contributed by atoms with E-state index in [1.807, 2.05) is 19.9 Å². The van der Waals surface area contributed by atoms with Gasteiger partial charge in [-0.05, 0) is 26.0 Å². The predicted octanol–water partition coefficient (Wildman–Crippen LogP) is 2.21. The van der Waals surface area contributed by atoms with Crippen LogP contribution in [0, 0.1) is 0 Å². The molecule has 1 aromatic rings.